The van der Waals surface area contributed by atoms with Crippen LogP contribution in [0.25, 0.3) is 0 Å². The summed E-state index contributed by atoms with van der Waals surface area (Å²) in [5.41, 5.74) is -0.0256. The van der Waals surface area contributed by atoms with Gasteiger partial charge in [0.05, 0.1) is 22.9 Å². The van der Waals surface area contributed by atoms with Gasteiger partial charge in [-0.25, -0.2) is 4.39 Å². The minimum absolute atomic E-state index is 0.0256. The van der Waals surface area contributed by atoms with E-state index in [1.807, 2.05) is 0 Å². The molecule has 1 heterocycles. The molecule has 4 nitrogen and oxygen atoms in total. The first-order valence-corrected chi connectivity index (χ1v) is 5.62. The van der Waals surface area contributed by atoms with Crippen LogP contribution >= 0.6 is 11.6 Å². The standard InChI is InChI=1S/C11H12ClFN2O2/c12-7-2-1-3-8(13)10(7)15-11(17)9-4-6(16)5-14-9/h1-3,6,9,14,16H,4-5H2,(H,15,17). The molecular weight excluding hydrogens is 247 g/mol. The van der Waals surface area contributed by atoms with Gasteiger partial charge in [-0.05, 0) is 18.6 Å². The minimum Gasteiger partial charge on any atom is -0.392 e. The Morgan fingerprint density at radius 3 is 2.94 bits per heavy atom. The van der Waals surface area contributed by atoms with Gasteiger partial charge in [0.25, 0.3) is 0 Å². The Morgan fingerprint density at radius 2 is 2.35 bits per heavy atom. The van der Waals surface area contributed by atoms with E-state index in [9.17, 15) is 14.3 Å². The number of nitrogens with one attached hydrogen (secondary N) is 2. The lowest BCUT2D eigenvalue weighted by atomic mass is 10.2. The summed E-state index contributed by atoms with van der Waals surface area (Å²) in [5.74, 6) is -0.974. The Labute approximate surface area is 103 Å². The maximum atomic E-state index is 13.4. The van der Waals surface area contributed by atoms with Crippen molar-refractivity contribution in [1.82, 2.24) is 5.32 Å². The van der Waals surface area contributed by atoms with Crippen LogP contribution in [0.1, 0.15) is 6.42 Å². The number of benzene rings is 1. The summed E-state index contributed by atoms with van der Waals surface area (Å²) >= 11 is 5.78. The number of β-amino-alcohol motifs (C(OH)–C–C–N with tert-alkyl or cyclic N) is 1. The maximum absolute atomic E-state index is 13.4. The van der Waals surface area contributed by atoms with Gasteiger partial charge in [0.1, 0.15) is 5.82 Å². The topological polar surface area (TPSA) is 61.4 Å². The summed E-state index contributed by atoms with van der Waals surface area (Å²) in [6, 6.07) is 3.67. The summed E-state index contributed by atoms with van der Waals surface area (Å²) in [5, 5.41) is 14.7. The SMILES string of the molecule is O=C(Nc1c(F)cccc1Cl)C1CC(O)CN1. The third kappa shape index (κ3) is 2.74. The highest BCUT2D eigenvalue weighted by atomic mass is 35.5. The molecule has 92 valence electrons. The molecule has 2 unspecified atom stereocenters. The largest absolute Gasteiger partial charge is 0.392 e. The molecule has 1 fully saturated rings. The Balaban J connectivity index is 2.08. The van der Waals surface area contributed by atoms with Crippen LogP contribution in [0.4, 0.5) is 10.1 Å². The lowest BCUT2D eigenvalue weighted by Gasteiger charge is -2.12. The second-order valence-electron chi connectivity index (χ2n) is 3.94. The van der Waals surface area contributed by atoms with Crippen molar-refractivity contribution in [3.05, 3.63) is 29.0 Å². The van der Waals surface area contributed by atoms with E-state index in [2.05, 4.69) is 10.6 Å². The zero-order valence-corrected chi connectivity index (χ0v) is 9.67. The van der Waals surface area contributed by atoms with Crippen LogP contribution < -0.4 is 10.6 Å². The zero-order valence-electron chi connectivity index (χ0n) is 8.91. The Morgan fingerprint density at radius 1 is 1.59 bits per heavy atom. The van der Waals surface area contributed by atoms with Crippen molar-refractivity contribution in [2.45, 2.75) is 18.6 Å². The fourth-order valence-corrected chi connectivity index (χ4v) is 1.95. The van der Waals surface area contributed by atoms with E-state index >= 15 is 0 Å². The van der Waals surface area contributed by atoms with E-state index in [-0.39, 0.29) is 10.7 Å². The van der Waals surface area contributed by atoms with Crippen LogP contribution in [-0.2, 0) is 4.79 Å². The second-order valence-corrected chi connectivity index (χ2v) is 4.34. The summed E-state index contributed by atoms with van der Waals surface area (Å²) in [7, 11) is 0. The van der Waals surface area contributed by atoms with Gasteiger partial charge in [0, 0.05) is 6.54 Å². The summed E-state index contributed by atoms with van der Waals surface area (Å²) in [6.45, 7) is 0.364. The van der Waals surface area contributed by atoms with E-state index in [1.165, 1.54) is 18.2 Å². The van der Waals surface area contributed by atoms with E-state index in [1.54, 1.807) is 0 Å². The summed E-state index contributed by atoms with van der Waals surface area (Å²) in [6.07, 6.45) is -0.223. The van der Waals surface area contributed by atoms with E-state index in [4.69, 9.17) is 11.6 Å². The number of carbonyl (C=O) groups is 1. The van der Waals surface area contributed by atoms with Crippen LogP contribution in [0.2, 0.25) is 5.02 Å². The lowest BCUT2D eigenvalue weighted by Crippen LogP contribution is -2.35. The first-order chi connectivity index (χ1) is 8.08. The quantitative estimate of drug-likeness (QED) is 0.746. The molecule has 0 spiro atoms. The van der Waals surface area contributed by atoms with Crippen molar-refractivity contribution in [3.63, 3.8) is 0 Å². The summed E-state index contributed by atoms with van der Waals surface area (Å²) < 4.78 is 13.4. The Kier molecular flexibility index (Phi) is 3.61. The van der Waals surface area contributed by atoms with Crippen molar-refractivity contribution in [2.75, 3.05) is 11.9 Å². The molecule has 2 atom stereocenters. The molecule has 17 heavy (non-hydrogen) atoms. The van der Waals surface area contributed by atoms with Crippen LogP contribution in [-0.4, -0.2) is 29.7 Å². The molecule has 1 saturated heterocycles. The number of hydrogen-bond donors (Lipinski definition) is 3. The van der Waals surface area contributed by atoms with Gasteiger partial charge in [0.2, 0.25) is 5.91 Å². The normalized spacial score (nSPS) is 23.7. The van der Waals surface area contributed by atoms with Crippen LogP contribution in [0.3, 0.4) is 0 Å². The number of amides is 1. The molecule has 1 aliphatic heterocycles. The van der Waals surface area contributed by atoms with Crippen molar-refractivity contribution >= 4 is 23.2 Å². The van der Waals surface area contributed by atoms with Crippen molar-refractivity contribution in [1.29, 1.82) is 0 Å². The van der Waals surface area contributed by atoms with Crippen molar-refractivity contribution < 1.29 is 14.3 Å². The number of halogens is 2. The predicted octanol–water partition coefficient (Wildman–Crippen LogP) is 1.14. The highest BCUT2D eigenvalue weighted by Gasteiger charge is 2.28. The van der Waals surface area contributed by atoms with E-state index < -0.39 is 23.9 Å². The van der Waals surface area contributed by atoms with Gasteiger partial charge in [-0.15, -0.1) is 0 Å². The molecule has 0 saturated carbocycles. The van der Waals surface area contributed by atoms with Gasteiger partial charge in [-0.2, -0.15) is 0 Å². The number of aliphatic hydroxyl groups excluding tert-OH is 1. The number of carbonyl (C=O) groups excluding carboxylic acids is 1. The van der Waals surface area contributed by atoms with Gasteiger partial charge >= 0.3 is 0 Å². The van der Waals surface area contributed by atoms with Crippen LogP contribution in [0, 0.1) is 5.82 Å². The number of anilines is 1. The molecule has 1 amide bonds. The molecule has 0 aliphatic carbocycles. The van der Waals surface area contributed by atoms with Crippen molar-refractivity contribution in [2.24, 2.45) is 0 Å². The number of aliphatic hydroxyl groups is 1. The monoisotopic (exact) mass is 258 g/mol. The molecule has 0 aromatic heterocycles. The molecule has 2 rings (SSSR count). The average Bonchev–Trinajstić information content (AvgIpc) is 2.70. The lowest BCUT2D eigenvalue weighted by molar-refractivity contribution is -0.118. The van der Waals surface area contributed by atoms with Gasteiger partial charge in [-0.1, -0.05) is 17.7 Å². The molecular formula is C11H12ClFN2O2. The van der Waals surface area contributed by atoms with E-state index in [0.29, 0.717) is 13.0 Å². The second kappa shape index (κ2) is 5.00. The molecule has 1 aromatic carbocycles. The van der Waals surface area contributed by atoms with Crippen molar-refractivity contribution in [3.8, 4) is 0 Å². The van der Waals surface area contributed by atoms with E-state index in [0.717, 1.165) is 0 Å². The van der Waals surface area contributed by atoms with Crippen LogP contribution in [0.5, 0.6) is 0 Å². The third-order valence-electron chi connectivity index (χ3n) is 2.64. The number of para-hydroxylation sites is 1. The van der Waals surface area contributed by atoms with Gasteiger partial charge in [-0.3, -0.25) is 4.79 Å². The predicted molar refractivity (Wildman–Crippen MR) is 62.5 cm³/mol. The zero-order chi connectivity index (χ0) is 12.4. The highest BCUT2D eigenvalue weighted by molar-refractivity contribution is 6.33. The fourth-order valence-electron chi connectivity index (χ4n) is 1.74. The average molecular weight is 259 g/mol. The number of hydrogen-bond acceptors (Lipinski definition) is 3. The van der Waals surface area contributed by atoms with Crippen LogP contribution in [0.15, 0.2) is 18.2 Å². The minimum atomic E-state index is -0.579. The molecule has 0 bridgehead atoms. The molecule has 0 radical (unpaired) electrons. The highest BCUT2D eigenvalue weighted by Crippen LogP contribution is 2.25. The number of rotatable bonds is 2. The first kappa shape index (κ1) is 12.3. The molecule has 1 aromatic rings. The molecule has 6 heteroatoms. The first-order valence-electron chi connectivity index (χ1n) is 5.24. The summed E-state index contributed by atoms with van der Waals surface area (Å²) in [4.78, 5) is 11.8. The Hall–Kier alpha value is -1.17. The fraction of sp³-hybridized carbons (Fsp3) is 0.364. The smallest absolute Gasteiger partial charge is 0.241 e. The third-order valence-corrected chi connectivity index (χ3v) is 2.95. The Bertz CT molecular complexity index is 421. The van der Waals surface area contributed by atoms with Gasteiger partial charge in [0.15, 0.2) is 0 Å². The maximum Gasteiger partial charge on any atom is 0.241 e. The molecule has 3 N–H and O–H groups in total. The van der Waals surface area contributed by atoms with Gasteiger partial charge < -0.3 is 15.7 Å². The molecule has 1 aliphatic rings.